The van der Waals surface area contributed by atoms with Crippen LogP contribution < -0.4 is 0 Å². The lowest BCUT2D eigenvalue weighted by atomic mass is 10.2. The standard InChI is InChI=1S/C12H18N2O/c1-13-6-8-14(9-7-13)10-11-4-2-3-5-12(11)15/h2-5,15H,6-10H2,1H3. The third kappa shape index (κ3) is 2.70. The first-order valence-corrected chi connectivity index (χ1v) is 5.43. The van der Waals surface area contributed by atoms with Gasteiger partial charge in [-0.05, 0) is 13.1 Å². The third-order valence-electron chi connectivity index (χ3n) is 2.98. The molecule has 0 saturated carbocycles. The minimum absolute atomic E-state index is 0.413. The molecule has 1 fully saturated rings. The summed E-state index contributed by atoms with van der Waals surface area (Å²) in [6.45, 7) is 5.28. The molecule has 0 aromatic heterocycles. The molecule has 0 spiro atoms. The molecule has 0 aliphatic carbocycles. The monoisotopic (exact) mass is 206 g/mol. The number of likely N-dealkylation sites (N-methyl/N-ethyl adjacent to an activating group) is 1. The Kier molecular flexibility index (Phi) is 3.23. The van der Waals surface area contributed by atoms with Crippen molar-refractivity contribution in [2.24, 2.45) is 0 Å². The second-order valence-corrected chi connectivity index (χ2v) is 4.21. The lowest BCUT2D eigenvalue weighted by Gasteiger charge is -2.32. The summed E-state index contributed by atoms with van der Waals surface area (Å²) in [5.41, 5.74) is 1.03. The molecule has 0 amide bonds. The number of phenols is 1. The fraction of sp³-hybridized carbons (Fsp3) is 0.500. The largest absolute Gasteiger partial charge is 0.508 e. The summed E-state index contributed by atoms with van der Waals surface area (Å²) in [5, 5.41) is 9.66. The molecule has 1 aromatic carbocycles. The molecule has 3 nitrogen and oxygen atoms in total. The van der Waals surface area contributed by atoms with Gasteiger partial charge in [-0.1, -0.05) is 18.2 Å². The molecule has 0 unspecified atom stereocenters. The van der Waals surface area contributed by atoms with Crippen LogP contribution in [0, 0.1) is 0 Å². The zero-order valence-corrected chi connectivity index (χ0v) is 9.19. The molecule has 0 radical (unpaired) electrons. The van der Waals surface area contributed by atoms with Gasteiger partial charge in [0.25, 0.3) is 0 Å². The van der Waals surface area contributed by atoms with E-state index >= 15 is 0 Å². The Bertz CT molecular complexity index is 319. The van der Waals surface area contributed by atoms with E-state index < -0.39 is 0 Å². The number of aromatic hydroxyl groups is 1. The van der Waals surface area contributed by atoms with E-state index in [2.05, 4.69) is 16.8 Å². The Labute approximate surface area is 90.9 Å². The molecule has 2 rings (SSSR count). The molecule has 15 heavy (non-hydrogen) atoms. The van der Waals surface area contributed by atoms with Gasteiger partial charge in [-0.3, -0.25) is 4.90 Å². The summed E-state index contributed by atoms with van der Waals surface area (Å²) in [5.74, 6) is 0.413. The minimum atomic E-state index is 0.413. The van der Waals surface area contributed by atoms with E-state index in [0.29, 0.717) is 5.75 Å². The highest BCUT2D eigenvalue weighted by Gasteiger charge is 2.14. The van der Waals surface area contributed by atoms with Gasteiger partial charge in [0.1, 0.15) is 5.75 Å². The number of nitrogens with zero attached hydrogens (tertiary/aromatic N) is 2. The van der Waals surface area contributed by atoms with Crippen molar-refractivity contribution >= 4 is 0 Å². The van der Waals surface area contributed by atoms with Gasteiger partial charge in [-0.15, -0.1) is 0 Å². The van der Waals surface area contributed by atoms with Crippen LogP contribution in [0.15, 0.2) is 24.3 Å². The van der Waals surface area contributed by atoms with Crippen LogP contribution in [-0.4, -0.2) is 48.1 Å². The number of hydrogen-bond donors (Lipinski definition) is 1. The van der Waals surface area contributed by atoms with Gasteiger partial charge in [0.05, 0.1) is 0 Å². The Hall–Kier alpha value is -1.06. The third-order valence-corrected chi connectivity index (χ3v) is 2.98. The second-order valence-electron chi connectivity index (χ2n) is 4.21. The number of piperazine rings is 1. The Balaban J connectivity index is 1.95. The zero-order chi connectivity index (χ0) is 10.7. The van der Waals surface area contributed by atoms with Gasteiger partial charge in [0.2, 0.25) is 0 Å². The van der Waals surface area contributed by atoms with Gasteiger partial charge >= 0.3 is 0 Å². The smallest absolute Gasteiger partial charge is 0.120 e. The van der Waals surface area contributed by atoms with Gasteiger partial charge in [0.15, 0.2) is 0 Å². The predicted octanol–water partition coefficient (Wildman–Crippen LogP) is 1.14. The lowest BCUT2D eigenvalue weighted by Crippen LogP contribution is -2.43. The van der Waals surface area contributed by atoms with E-state index in [0.717, 1.165) is 38.3 Å². The van der Waals surface area contributed by atoms with E-state index in [1.807, 2.05) is 18.2 Å². The molecule has 0 bridgehead atoms. The van der Waals surface area contributed by atoms with Gasteiger partial charge in [-0.25, -0.2) is 0 Å². The molecule has 1 heterocycles. The van der Waals surface area contributed by atoms with E-state index in [1.54, 1.807) is 6.07 Å². The number of phenolic OH excluding ortho intramolecular Hbond substituents is 1. The van der Waals surface area contributed by atoms with Crippen LogP contribution in [0.4, 0.5) is 0 Å². The average Bonchev–Trinajstić information content (AvgIpc) is 2.25. The summed E-state index contributed by atoms with van der Waals surface area (Å²) in [4.78, 5) is 4.72. The average molecular weight is 206 g/mol. The number of hydrogen-bond acceptors (Lipinski definition) is 3. The van der Waals surface area contributed by atoms with E-state index in [1.165, 1.54) is 0 Å². The van der Waals surface area contributed by atoms with Crippen LogP contribution in [0.25, 0.3) is 0 Å². The van der Waals surface area contributed by atoms with Crippen LogP contribution in [0.5, 0.6) is 5.75 Å². The van der Waals surface area contributed by atoms with Crippen molar-refractivity contribution in [3.63, 3.8) is 0 Å². The fourth-order valence-electron chi connectivity index (χ4n) is 1.89. The topological polar surface area (TPSA) is 26.7 Å². The van der Waals surface area contributed by atoms with E-state index in [4.69, 9.17) is 0 Å². The Morgan fingerprint density at radius 3 is 2.47 bits per heavy atom. The molecule has 1 N–H and O–H groups in total. The van der Waals surface area contributed by atoms with Crippen molar-refractivity contribution < 1.29 is 5.11 Å². The van der Waals surface area contributed by atoms with Gasteiger partial charge in [0, 0.05) is 38.3 Å². The van der Waals surface area contributed by atoms with Gasteiger partial charge in [-0.2, -0.15) is 0 Å². The van der Waals surface area contributed by atoms with Crippen molar-refractivity contribution in [2.75, 3.05) is 33.2 Å². The molecular weight excluding hydrogens is 188 g/mol. The molecular formula is C12H18N2O. The van der Waals surface area contributed by atoms with E-state index in [-0.39, 0.29) is 0 Å². The first kappa shape index (κ1) is 10.5. The molecule has 1 aliphatic rings. The highest BCUT2D eigenvalue weighted by atomic mass is 16.3. The Morgan fingerprint density at radius 1 is 1.13 bits per heavy atom. The summed E-state index contributed by atoms with van der Waals surface area (Å²) in [6.07, 6.45) is 0. The quantitative estimate of drug-likeness (QED) is 0.786. The molecule has 1 saturated heterocycles. The minimum Gasteiger partial charge on any atom is -0.508 e. The maximum Gasteiger partial charge on any atom is 0.120 e. The summed E-state index contributed by atoms with van der Waals surface area (Å²) in [7, 11) is 2.15. The molecule has 0 atom stereocenters. The Morgan fingerprint density at radius 2 is 1.80 bits per heavy atom. The van der Waals surface area contributed by atoms with Crippen LogP contribution in [0.1, 0.15) is 5.56 Å². The highest BCUT2D eigenvalue weighted by Crippen LogP contribution is 2.18. The van der Waals surface area contributed by atoms with Crippen molar-refractivity contribution in [1.82, 2.24) is 9.80 Å². The SMILES string of the molecule is CN1CCN(Cc2ccccc2O)CC1. The van der Waals surface area contributed by atoms with Crippen molar-refractivity contribution in [3.05, 3.63) is 29.8 Å². The normalized spacial score (nSPS) is 19.3. The van der Waals surface area contributed by atoms with Crippen LogP contribution >= 0.6 is 0 Å². The van der Waals surface area contributed by atoms with Crippen molar-refractivity contribution in [3.8, 4) is 5.75 Å². The lowest BCUT2D eigenvalue weighted by molar-refractivity contribution is 0.147. The molecule has 3 heteroatoms. The van der Waals surface area contributed by atoms with Crippen LogP contribution in [-0.2, 0) is 6.54 Å². The highest BCUT2D eigenvalue weighted by molar-refractivity contribution is 5.31. The first-order chi connectivity index (χ1) is 7.25. The summed E-state index contributed by atoms with van der Waals surface area (Å²) < 4.78 is 0. The molecule has 1 aliphatic heterocycles. The van der Waals surface area contributed by atoms with Crippen molar-refractivity contribution in [1.29, 1.82) is 0 Å². The number of para-hydroxylation sites is 1. The summed E-state index contributed by atoms with van der Waals surface area (Å²) in [6, 6.07) is 7.59. The van der Waals surface area contributed by atoms with Crippen LogP contribution in [0.2, 0.25) is 0 Å². The van der Waals surface area contributed by atoms with Crippen LogP contribution in [0.3, 0.4) is 0 Å². The molecule has 82 valence electrons. The molecule has 1 aromatic rings. The second kappa shape index (κ2) is 4.64. The summed E-state index contributed by atoms with van der Waals surface area (Å²) >= 11 is 0. The van der Waals surface area contributed by atoms with Gasteiger partial charge < -0.3 is 10.0 Å². The predicted molar refractivity (Wildman–Crippen MR) is 60.9 cm³/mol. The van der Waals surface area contributed by atoms with Crippen molar-refractivity contribution in [2.45, 2.75) is 6.54 Å². The zero-order valence-electron chi connectivity index (χ0n) is 9.19. The number of benzene rings is 1. The first-order valence-electron chi connectivity index (χ1n) is 5.43. The fourth-order valence-corrected chi connectivity index (χ4v) is 1.89. The number of rotatable bonds is 2. The maximum atomic E-state index is 9.66. The van der Waals surface area contributed by atoms with E-state index in [9.17, 15) is 5.11 Å². The maximum absolute atomic E-state index is 9.66.